The van der Waals surface area contributed by atoms with Crippen LogP contribution in [0.5, 0.6) is 11.5 Å². The van der Waals surface area contributed by atoms with E-state index in [1.165, 1.54) is 43.7 Å². The van der Waals surface area contributed by atoms with Gasteiger partial charge in [-0.3, -0.25) is 4.79 Å². The molecule has 3 aromatic carbocycles. The Morgan fingerprint density at radius 3 is 2.42 bits per heavy atom. The lowest BCUT2D eigenvalue weighted by Gasteiger charge is -2.09. The van der Waals surface area contributed by atoms with Crippen molar-refractivity contribution in [2.75, 3.05) is 7.11 Å². The second-order valence-corrected chi connectivity index (χ2v) is 9.43. The molecule has 0 aliphatic heterocycles. The lowest BCUT2D eigenvalue weighted by molar-refractivity contribution is 0.0955. The summed E-state index contributed by atoms with van der Waals surface area (Å²) in [6, 6.07) is 17.5. The van der Waals surface area contributed by atoms with Gasteiger partial charge >= 0.3 is 10.1 Å². The van der Waals surface area contributed by atoms with E-state index in [1.807, 2.05) is 6.07 Å². The number of nitrogens with one attached hydrogen (secondary N) is 1. The molecule has 0 radical (unpaired) electrons. The first kappa shape index (κ1) is 23.0. The van der Waals surface area contributed by atoms with E-state index in [1.54, 1.807) is 30.3 Å². The Kier molecular flexibility index (Phi) is 7.47. The normalized spacial score (nSPS) is 11.3. The lowest BCUT2D eigenvalue weighted by atomic mass is 10.2. The van der Waals surface area contributed by atoms with E-state index in [-0.39, 0.29) is 16.6 Å². The maximum absolute atomic E-state index is 12.5. The van der Waals surface area contributed by atoms with Crippen LogP contribution in [0.2, 0.25) is 0 Å². The number of rotatable bonds is 7. The van der Waals surface area contributed by atoms with Gasteiger partial charge in [-0.15, -0.1) is 0 Å². The third-order valence-corrected chi connectivity index (χ3v) is 6.33. The number of carbonyl (C=O) groups is 1. The van der Waals surface area contributed by atoms with E-state index in [4.69, 9.17) is 8.92 Å². The summed E-state index contributed by atoms with van der Waals surface area (Å²) in [7, 11) is -2.52. The Bertz CT molecular complexity index is 1230. The number of benzene rings is 3. The van der Waals surface area contributed by atoms with Crippen LogP contribution >= 0.6 is 31.9 Å². The van der Waals surface area contributed by atoms with Gasteiger partial charge in [-0.05, 0) is 82.2 Å². The van der Waals surface area contributed by atoms with Crippen LogP contribution in [-0.2, 0) is 10.1 Å². The predicted molar refractivity (Wildman–Crippen MR) is 124 cm³/mol. The average Bonchev–Trinajstić information content (AvgIpc) is 2.75. The first-order valence-corrected chi connectivity index (χ1v) is 11.7. The molecule has 0 saturated heterocycles. The van der Waals surface area contributed by atoms with Crippen molar-refractivity contribution < 1.29 is 22.1 Å². The largest absolute Gasteiger partial charge is 0.497 e. The molecule has 0 atom stereocenters. The van der Waals surface area contributed by atoms with Crippen LogP contribution in [0.25, 0.3) is 0 Å². The van der Waals surface area contributed by atoms with Crippen molar-refractivity contribution in [2.45, 2.75) is 4.90 Å². The molecular formula is C21H16Br2N2O5S. The monoisotopic (exact) mass is 566 g/mol. The second kappa shape index (κ2) is 10.1. The van der Waals surface area contributed by atoms with E-state index in [9.17, 15) is 13.2 Å². The molecule has 0 aliphatic rings. The second-order valence-electron chi connectivity index (χ2n) is 6.11. The smallest absolute Gasteiger partial charge is 0.339 e. The maximum atomic E-state index is 12.5. The Morgan fingerprint density at radius 2 is 1.77 bits per heavy atom. The van der Waals surface area contributed by atoms with Crippen LogP contribution in [-0.4, -0.2) is 27.6 Å². The third kappa shape index (κ3) is 6.16. The Morgan fingerprint density at radius 1 is 1.03 bits per heavy atom. The van der Waals surface area contributed by atoms with Gasteiger partial charge in [0.1, 0.15) is 10.6 Å². The molecule has 160 valence electrons. The number of methoxy groups -OCH3 is 1. The van der Waals surface area contributed by atoms with E-state index >= 15 is 0 Å². The molecule has 3 aromatic rings. The molecule has 0 fully saturated rings. The number of amides is 1. The zero-order chi connectivity index (χ0) is 22.4. The standard InChI is InChI=1S/C21H16Br2N2O5S/c1-29-17-6-8-18(9-7-17)31(27,28)30-20-10-5-14(11-19(20)23)13-24-25-21(26)15-3-2-4-16(22)12-15/h2-13H,1H3,(H,25,26)/b24-13-. The van der Waals surface area contributed by atoms with Gasteiger partial charge in [0.25, 0.3) is 5.91 Å². The van der Waals surface area contributed by atoms with Gasteiger partial charge in [-0.2, -0.15) is 13.5 Å². The van der Waals surface area contributed by atoms with Crippen molar-refractivity contribution in [3.8, 4) is 11.5 Å². The Labute approximate surface area is 196 Å². The summed E-state index contributed by atoms with van der Waals surface area (Å²) in [5.41, 5.74) is 3.51. The van der Waals surface area contributed by atoms with E-state index < -0.39 is 10.1 Å². The molecular weight excluding hydrogens is 552 g/mol. The van der Waals surface area contributed by atoms with Crippen LogP contribution in [0.15, 0.2) is 85.7 Å². The van der Waals surface area contributed by atoms with Crippen LogP contribution in [0.1, 0.15) is 15.9 Å². The SMILES string of the molecule is COc1ccc(S(=O)(=O)Oc2ccc(/C=N\NC(=O)c3cccc(Br)c3)cc2Br)cc1. The van der Waals surface area contributed by atoms with Gasteiger partial charge in [0.2, 0.25) is 0 Å². The fourth-order valence-corrected chi connectivity index (χ4v) is 4.36. The van der Waals surface area contributed by atoms with E-state index in [2.05, 4.69) is 42.4 Å². The van der Waals surface area contributed by atoms with Gasteiger partial charge in [0.05, 0.1) is 17.8 Å². The Hall–Kier alpha value is -2.69. The number of hydrogen-bond donors (Lipinski definition) is 1. The zero-order valence-electron chi connectivity index (χ0n) is 16.1. The van der Waals surface area contributed by atoms with Crippen molar-refractivity contribution in [1.82, 2.24) is 5.43 Å². The maximum Gasteiger partial charge on any atom is 0.339 e. The highest BCUT2D eigenvalue weighted by molar-refractivity contribution is 9.10. The predicted octanol–water partition coefficient (Wildman–Crippen LogP) is 4.75. The number of halogens is 2. The summed E-state index contributed by atoms with van der Waals surface area (Å²) < 4.78 is 36.4. The zero-order valence-corrected chi connectivity index (χ0v) is 20.1. The van der Waals surface area contributed by atoms with Crippen molar-refractivity contribution in [1.29, 1.82) is 0 Å². The minimum atomic E-state index is -4.02. The Balaban J connectivity index is 1.67. The molecule has 0 saturated carbocycles. The van der Waals surface area contributed by atoms with Crippen molar-refractivity contribution in [3.05, 3.63) is 86.8 Å². The number of carbonyl (C=O) groups excluding carboxylic acids is 1. The molecule has 31 heavy (non-hydrogen) atoms. The molecule has 1 N–H and O–H groups in total. The number of hydrazone groups is 1. The summed E-state index contributed by atoms with van der Waals surface area (Å²) in [4.78, 5) is 12.1. The number of nitrogens with zero attached hydrogens (tertiary/aromatic N) is 1. The molecule has 0 heterocycles. The summed E-state index contributed by atoms with van der Waals surface area (Å²) in [6.45, 7) is 0. The van der Waals surface area contributed by atoms with Gasteiger partial charge in [0.15, 0.2) is 5.75 Å². The van der Waals surface area contributed by atoms with Crippen molar-refractivity contribution in [3.63, 3.8) is 0 Å². The molecule has 0 aliphatic carbocycles. The third-order valence-electron chi connectivity index (χ3n) is 3.97. The summed E-state index contributed by atoms with van der Waals surface area (Å²) in [6.07, 6.45) is 1.43. The average molecular weight is 568 g/mol. The first-order chi connectivity index (χ1) is 14.8. The highest BCUT2D eigenvalue weighted by atomic mass is 79.9. The van der Waals surface area contributed by atoms with E-state index in [0.29, 0.717) is 21.3 Å². The summed E-state index contributed by atoms with van der Waals surface area (Å²) in [5.74, 6) is 0.295. The minimum Gasteiger partial charge on any atom is -0.497 e. The van der Waals surface area contributed by atoms with Crippen LogP contribution in [0.4, 0.5) is 0 Å². The van der Waals surface area contributed by atoms with Gasteiger partial charge in [-0.1, -0.05) is 22.0 Å². The molecule has 7 nitrogen and oxygen atoms in total. The van der Waals surface area contributed by atoms with Gasteiger partial charge in [0, 0.05) is 10.0 Å². The van der Waals surface area contributed by atoms with Crippen LogP contribution in [0.3, 0.4) is 0 Å². The molecule has 0 aromatic heterocycles. The highest BCUT2D eigenvalue weighted by Gasteiger charge is 2.18. The topological polar surface area (TPSA) is 94.1 Å². The van der Waals surface area contributed by atoms with Crippen molar-refractivity contribution in [2.24, 2.45) is 5.10 Å². The molecule has 0 unspecified atom stereocenters. The molecule has 1 amide bonds. The van der Waals surface area contributed by atoms with Crippen LogP contribution < -0.4 is 14.3 Å². The van der Waals surface area contributed by atoms with Crippen molar-refractivity contribution >= 4 is 54.1 Å². The minimum absolute atomic E-state index is 0.00102. The van der Waals surface area contributed by atoms with Gasteiger partial charge in [-0.25, -0.2) is 5.43 Å². The quantitative estimate of drug-likeness (QED) is 0.252. The van der Waals surface area contributed by atoms with Crippen LogP contribution in [0, 0.1) is 0 Å². The summed E-state index contributed by atoms with van der Waals surface area (Å²) in [5, 5.41) is 3.93. The van der Waals surface area contributed by atoms with E-state index in [0.717, 1.165) is 4.47 Å². The molecule has 3 rings (SSSR count). The first-order valence-electron chi connectivity index (χ1n) is 8.75. The number of ether oxygens (including phenoxy) is 1. The van der Waals surface area contributed by atoms with Gasteiger partial charge < -0.3 is 8.92 Å². The molecule has 10 heteroatoms. The summed E-state index contributed by atoms with van der Waals surface area (Å²) >= 11 is 6.61. The number of hydrogen-bond acceptors (Lipinski definition) is 6. The fraction of sp³-hybridized carbons (Fsp3) is 0.0476. The lowest BCUT2D eigenvalue weighted by Crippen LogP contribution is -2.17. The highest BCUT2D eigenvalue weighted by Crippen LogP contribution is 2.29. The fourth-order valence-electron chi connectivity index (χ4n) is 2.43. The molecule has 0 bridgehead atoms. The molecule has 0 spiro atoms.